The van der Waals surface area contributed by atoms with Gasteiger partial charge in [-0.05, 0) is 75.4 Å². The van der Waals surface area contributed by atoms with Gasteiger partial charge in [0.2, 0.25) is 0 Å². The summed E-state index contributed by atoms with van der Waals surface area (Å²) in [5.74, 6) is -0.0457. The molecule has 1 aromatic carbocycles. The Balaban J connectivity index is 0.000000538. The van der Waals surface area contributed by atoms with Crippen molar-refractivity contribution in [2.75, 3.05) is 31.9 Å². The molecule has 1 atom stereocenters. The van der Waals surface area contributed by atoms with Gasteiger partial charge in [-0.1, -0.05) is 33.8 Å². The van der Waals surface area contributed by atoms with Gasteiger partial charge in [0, 0.05) is 24.2 Å². The van der Waals surface area contributed by atoms with Crippen molar-refractivity contribution in [2.45, 2.75) is 72.4 Å². The number of aryl methyl sites for hydroxylation is 1. The predicted molar refractivity (Wildman–Crippen MR) is 144 cm³/mol. The number of carbonyl (C=O) groups excluding carboxylic acids is 2. The molecular weight excluding hydrogens is 454 g/mol. The summed E-state index contributed by atoms with van der Waals surface area (Å²) in [6, 6.07) is 6.10. The summed E-state index contributed by atoms with van der Waals surface area (Å²) >= 11 is 0. The Hall–Kier alpha value is -2.91. The van der Waals surface area contributed by atoms with Crippen LogP contribution in [0.4, 0.5) is 5.82 Å². The third kappa shape index (κ3) is 7.30. The minimum absolute atomic E-state index is 0.0977. The number of nitrogens with zero attached hydrogens (tertiary/aromatic N) is 3. The second kappa shape index (κ2) is 11.9. The van der Waals surface area contributed by atoms with Crippen molar-refractivity contribution in [3.8, 4) is 5.69 Å². The average Bonchev–Trinajstić information content (AvgIpc) is 3.39. The number of benzene rings is 1. The van der Waals surface area contributed by atoms with Crippen molar-refractivity contribution in [3.05, 3.63) is 41.1 Å². The summed E-state index contributed by atoms with van der Waals surface area (Å²) in [5, 5.41) is 10.3. The summed E-state index contributed by atoms with van der Waals surface area (Å²) in [4.78, 5) is 27.5. The zero-order valence-corrected chi connectivity index (χ0v) is 22.4. The van der Waals surface area contributed by atoms with Crippen LogP contribution in [0.5, 0.6) is 0 Å². The molecule has 36 heavy (non-hydrogen) atoms. The SMILES string of the molecule is CC(C)(C)CN.CCN1CCCC1CNC(=O)c1cnn(-c2cc(C(=O)NC3CC3)ccc2C)c1N. The maximum absolute atomic E-state index is 12.7. The fraction of sp³-hybridized carbons (Fsp3) is 0.593. The fourth-order valence-corrected chi connectivity index (χ4v) is 4.05. The van der Waals surface area contributed by atoms with Crippen molar-refractivity contribution in [1.29, 1.82) is 0 Å². The molecule has 1 saturated carbocycles. The standard InChI is InChI=1S/C22H30N6O2.C5H13N/c1-3-27-10-4-5-17(27)12-24-22(30)18-13-25-28(20(18)23)19-11-15(7-6-14(19)2)21(29)26-16-8-9-16;1-5(2,3)4-6/h6-7,11,13,16-17H,3-5,8-10,12,23H2,1-2H3,(H,24,30)(H,26,29);4,6H2,1-3H3. The molecule has 1 saturated heterocycles. The maximum Gasteiger partial charge on any atom is 0.256 e. The number of likely N-dealkylation sites (tertiary alicyclic amines) is 1. The van der Waals surface area contributed by atoms with Crippen LogP contribution in [0.15, 0.2) is 24.4 Å². The van der Waals surface area contributed by atoms with Crippen LogP contribution >= 0.6 is 0 Å². The summed E-state index contributed by atoms with van der Waals surface area (Å²) < 4.78 is 1.53. The molecule has 1 unspecified atom stereocenters. The number of hydrogen-bond acceptors (Lipinski definition) is 6. The van der Waals surface area contributed by atoms with Crippen molar-refractivity contribution in [2.24, 2.45) is 11.1 Å². The molecule has 9 nitrogen and oxygen atoms in total. The summed E-state index contributed by atoms with van der Waals surface area (Å²) in [6.07, 6.45) is 5.82. The number of hydrogen-bond donors (Lipinski definition) is 4. The number of anilines is 1. The molecular formula is C27H43N7O2. The molecule has 2 amide bonds. The summed E-state index contributed by atoms with van der Waals surface area (Å²) in [7, 11) is 0. The molecule has 1 aliphatic carbocycles. The van der Waals surface area contributed by atoms with Crippen LogP contribution in [-0.4, -0.2) is 64.8 Å². The Labute approximate surface area is 215 Å². The van der Waals surface area contributed by atoms with Crippen molar-refractivity contribution >= 4 is 17.6 Å². The Morgan fingerprint density at radius 3 is 2.47 bits per heavy atom. The van der Waals surface area contributed by atoms with Crippen molar-refractivity contribution < 1.29 is 9.59 Å². The topological polar surface area (TPSA) is 131 Å². The van der Waals surface area contributed by atoms with Crippen LogP contribution in [0.1, 0.15) is 79.7 Å². The number of nitrogens with one attached hydrogen (secondary N) is 2. The van der Waals surface area contributed by atoms with Gasteiger partial charge in [-0.25, -0.2) is 4.68 Å². The van der Waals surface area contributed by atoms with Gasteiger partial charge in [0.1, 0.15) is 11.4 Å². The van der Waals surface area contributed by atoms with E-state index < -0.39 is 0 Å². The van der Waals surface area contributed by atoms with Crippen LogP contribution in [-0.2, 0) is 0 Å². The number of carbonyl (C=O) groups is 2. The smallest absolute Gasteiger partial charge is 0.256 e. The van der Waals surface area contributed by atoms with E-state index in [9.17, 15) is 9.59 Å². The third-order valence-corrected chi connectivity index (χ3v) is 6.68. The van der Waals surface area contributed by atoms with Gasteiger partial charge in [-0.3, -0.25) is 14.5 Å². The molecule has 2 fully saturated rings. The molecule has 198 valence electrons. The zero-order valence-electron chi connectivity index (χ0n) is 22.4. The van der Waals surface area contributed by atoms with E-state index in [1.807, 2.05) is 13.0 Å². The van der Waals surface area contributed by atoms with Gasteiger partial charge in [0.05, 0.1) is 11.9 Å². The number of rotatable bonds is 7. The first-order chi connectivity index (χ1) is 17.0. The molecule has 9 heteroatoms. The van der Waals surface area contributed by atoms with Gasteiger partial charge in [-0.15, -0.1) is 0 Å². The number of nitrogens with two attached hydrogens (primary N) is 2. The van der Waals surface area contributed by atoms with Crippen LogP contribution in [0.25, 0.3) is 5.69 Å². The van der Waals surface area contributed by atoms with Crippen molar-refractivity contribution in [3.63, 3.8) is 0 Å². The average molecular weight is 498 g/mol. The summed E-state index contributed by atoms with van der Waals surface area (Å²) in [5.41, 5.74) is 14.4. The molecule has 0 bridgehead atoms. The number of amides is 2. The van der Waals surface area contributed by atoms with Crippen molar-refractivity contribution in [1.82, 2.24) is 25.3 Å². The second-order valence-electron chi connectivity index (χ2n) is 11.0. The molecule has 1 aliphatic heterocycles. The first-order valence-electron chi connectivity index (χ1n) is 13.0. The molecule has 1 aromatic heterocycles. The molecule has 6 N–H and O–H groups in total. The normalized spacial score (nSPS) is 17.9. The highest BCUT2D eigenvalue weighted by Crippen LogP contribution is 2.23. The van der Waals surface area contributed by atoms with Crippen LogP contribution < -0.4 is 22.1 Å². The van der Waals surface area contributed by atoms with Gasteiger partial charge >= 0.3 is 0 Å². The fourth-order valence-electron chi connectivity index (χ4n) is 4.05. The maximum atomic E-state index is 12.7. The van der Waals surface area contributed by atoms with Gasteiger partial charge < -0.3 is 22.1 Å². The van der Waals surface area contributed by atoms with Gasteiger partial charge in [0.15, 0.2) is 0 Å². The monoisotopic (exact) mass is 497 g/mol. The third-order valence-electron chi connectivity index (χ3n) is 6.68. The van der Waals surface area contributed by atoms with Crippen LogP contribution in [0.2, 0.25) is 0 Å². The van der Waals surface area contributed by atoms with E-state index in [-0.39, 0.29) is 23.7 Å². The molecule has 0 radical (unpaired) electrons. The molecule has 0 spiro atoms. The Morgan fingerprint density at radius 2 is 1.86 bits per heavy atom. The zero-order chi connectivity index (χ0) is 26.5. The lowest BCUT2D eigenvalue weighted by atomic mass is 9.98. The number of nitrogen functional groups attached to an aromatic ring is 1. The largest absolute Gasteiger partial charge is 0.383 e. The molecule has 2 aliphatic rings. The Kier molecular flexibility index (Phi) is 9.13. The first kappa shape index (κ1) is 27.7. The highest BCUT2D eigenvalue weighted by Gasteiger charge is 2.26. The van der Waals surface area contributed by atoms with E-state index in [1.54, 1.807) is 12.1 Å². The highest BCUT2D eigenvalue weighted by atomic mass is 16.2. The second-order valence-corrected chi connectivity index (χ2v) is 11.0. The van der Waals surface area contributed by atoms with E-state index in [2.05, 4.69) is 48.3 Å². The first-order valence-corrected chi connectivity index (χ1v) is 13.0. The van der Waals surface area contributed by atoms with E-state index in [0.717, 1.165) is 44.5 Å². The lowest BCUT2D eigenvalue weighted by Gasteiger charge is -2.22. The lowest BCUT2D eigenvalue weighted by Crippen LogP contribution is -2.40. The minimum Gasteiger partial charge on any atom is -0.383 e. The van der Waals surface area contributed by atoms with E-state index in [0.29, 0.717) is 34.8 Å². The number of likely N-dealkylation sites (N-methyl/N-ethyl adjacent to an activating group) is 1. The van der Waals surface area contributed by atoms with Gasteiger partial charge in [-0.2, -0.15) is 5.10 Å². The quantitative estimate of drug-likeness (QED) is 0.465. The predicted octanol–water partition coefficient (Wildman–Crippen LogP) is 2.86. The van der Waals surface area contributed by atoms with E-state index >= 15 is 0 Å². The molecule has 2 heterocycles. The molecule has 2 aromatic rings. The van der Waals surface area contributed by atoms with E-state index in [1.165, 1.54) is 17.3 Å². The summed E-state index contributed by atoms with van der Waals surface area (Å²) in [6.45, 7) is 13.9. The highest BCUT2D eigenvalue weighted by molar-refractivity contribution is 5.99. The minimum atomic E-state index is -0.220. The Morgan fingerprint density at radius 1 is 1.17 bits per heavy atom. The van der Waals surface area contributed by atoms with Crippen LogP contribution in [0.3, 0.4) is 0 Å². The van der Waals surface area contributed by atoms with E-state index in [4.69, 9.17) is 11.5 Å². The van der Waals surface area contributed by atoms with Gasteiger partial charge in [0.25, 0.3) is 11.8 Å². The Bertz CT molecular complexity index is 1050. The van der Waals surface area contributed by atoms with Crippen LogP contribution in [0, 0.1) is 12.3 Å². The number of aromatic nitrogens is 2. The lowest BCUT2D eigenvalue weighted by molar-refractivity contribution is 0.0937. The molecule has 4 rings (SSSR count).